The molecule has 0 heterocycles. The molecule has 0 saturated carbocycles. The van der Waals surface area contributed by atoms with Crippen molar-refractivity contribution in [3.05, 3.63) is 62.6 Å². The number of hydrogen-bond donors (Lipinski definition) is 1. The van der Waals surface area contributed by atoms with E-state index >= 15 is 0 Å². The lowest BCUT2D eigenvalue weighted by atomic mass is 10.0. The fourth-order valence-corrected chi connectivity index (χ4v) is 2.88. The zero-order valence-electron chi connectivity index (χ0n) is 12.5. The Morgan fingerprint density at radius 1 is 1.32 bits per heavy atom. The number of hydrogen-bond acceptors (Lipinski definition) is 2. The van der Waals surface area contributed by atoms with E-state index in [9.17, 15) is 4.79 Å². The second-order valence-corrected chi connectivity index (χ2v) is 6.21. The first-order chi connectivity index (χ1) is 10.5. The quantitative estimate of drug-likeness (QED) is 0.838. The molecule has 0 radical (unpaired) electrons. The largest absolute Gasteiger partial charge is 0.487 e. The maximum atomic E-state index is 11.6. The van der Waals surface area contributed by atoms with Crippen LogP contribution >= 0.6 is 27.5 Å². The Kier molecular flexibility index (Phi) is 5.86. The molecule has 2 aromatic rings. The van der Waals surface area contributed by atoms with Gasteiger partial charge in [-0.25, -0.2) is 0 Å². The number of rotatable bonds is 5. The third-order valence-corrected chi connectivity index (χ3v) is 4.34. The molecule has 1 amide bonds. The predicted molar refractivity (Wildman–Crippen MR) is 92.4 cm³/mol. The van der Waals surface area contributed by atoms with Gasteiger partial charge in [0.05, 0.1) is 11.4 Å². The molecule has 0 aromatic heterocycles. The topological polar surface area (TPSA) is 38.3 Å². The molecular formula is C17H17BrClNO2. The van der Waals surface area contributed by atoms with E-state index < -0.39 is 0 Å². The molecule has 0 aliphatic rings. The Balaban J connectivity index is 2.19. The third-order valence-electron chi connectivity index (χ3n) is 3.31. The van der Waals surface area contributed by atoms with Gasteiger partial charge in [-0.3, -0.25) is 4.79 Å². The number of amides is 1. The second kappa shape index (κ2) is 7.65. The lowest BCUT2D eigenvalue weighted by molar-refractivity contribution is -0.119. The zero-order valence-corrected chi connectivity index (χ0v) is 14.8. The SMILES string of the molecule is CNC(=O)Cc1cccc(Br)c1COc1ccc(C)cc1Cl. The molecule has 0 spiro atoms. The number of halogens is 2. The first-order valence-corrected chi connectivity index (χ1v) is 8.04. The van der Waals surface area contributed by atoms with Crippen LogP contribution < -0.4 is 10.1 Å². The van der Waals surface area contributed by atoms with Crippen molar-refractivity contribution in [1.29, 1.82) is 0 Å². The van der Waals surface area contributed by atoms with Gasteiger partial charge in [0.1, 0.15) is 12.4 Å². The van der Waals surface area contributed by atoms with Gasteiger partial charge < -0.3 is 10.1 Å². The number of ether oxygens (including phenoxy) is 1. The monoisotopic (exact) mass is 381 g/mol. The highest BCUT2D eigenvalue weighted by atomic mass is 79.9. The number of aryl methyl sites for hydroxylation is 1. The van der Waals surface area contributed by atoms with Crippen molar-refractivity contribution < 1.29 is 9.53 Å². The summed E-state index contributed by atoms with van der Waals surface area (Å²) in [5, 5.41) is 3.22. The number of benzene rings is 2. The van der Waals surface area contributed by atoms with E-state index in [0.29, 0.717) is 23.8 Å². The molecule has 0 saturated heterocycles. The van der Waals surface area contributed by atoms with Gasteiger partial charge >= 0.3 is 0 Å². The Morgan fingerprint density at radius 2 is 2.09 bits per heavy atom. The third kappa shape index (κ3) is 4.24. The van der Waals surface area contributed by atoms with Crippen LogP contribution in [0.1, 0.15) is 16.7 Å². The fourth-order valence-electron chi connectivity index (χ4n) is 2.06. The first-order valence-electron chi connectivity index (χ1n) is 6.87. The number of likely N-dealkylation sites (N-methyl/N-ethyl adjacent to an activating group) is 1. The van der Waals surface area contributed by atoms with Crippen LogP contribution in [0, 0.1) is 6.92 Å². The summed E-state index contributed by atoms with van der Waals surface area (Å²) in [5.74, 6) is 0.599. The normalized spacial score (nSPS) is 10.4. The average molecular weight is 383 g/mol. The van der Waals surface area contributed by atoms with E-state index in [1.165, 1.54) is 0 Å². The summed E-state index contributed by atoms with van der Waals surface area (Å²) in [6.07, 6.45) is 0.316. The zero-order chi connectivity index (χ0) is 16.1. The first kappa shape index (κ1) is 16.8. The second-order valence-electron chi connectivity index (χ2n) is 4.95. The predicted octanol–water partition coefficient (Wildman–Crippen LogP) is 4.28. The van der Waals surface area contributed by atoms with Gasteiger partial charge in [0, 0.05) is 17.1 Å². The Hall–Kier alpha value is -1.52. The highest BCUT2D eigenvalue weighted by molar-refractivity contribution is 9.10. The van der Waals surface area contributed by atoms with Crippen LogP contribution in [0.3, 0.4) is 0 Å². The summed E-state index contributed by atoms with van der Waals surface area (Å²) in [4.78, 5) is 11.6. The minimum atomic E-state index is -0.0345. The maximum absolute atomic E-state index is 11.6. The molecule has 2 aromatic carbocycles. The molecule has 5 heteroatoms. The van der Waals surface area contributed by atoms with Gasteiger partial charge in [-0.15, -0.1) is 0 Å². The number of nitrogens with one attached hydrogen (secondary N) is 1. The van der Waals surface area contributed by atoms with E-state index in [4.69, 9.17) is 16.3 Å². The van der Waals surface area contributed by atoms with E-state index in [1.54, 1.807) is 7.05 Å². The van der Waals surface area contributed by atoms with Gasteiger partial charge in [0.25, 0.3) is 0 Å². The molecule has 0 atom stereocenters. The number of carbonyl (C=O) groups is 1. The Labute approximate surface area is 143 Å². The fraction of sp³-hybridized carbons (Fsp3) is 0.235. The van der Waals surface area contributed by atoms with E-state index in [0.717, 1.165) is 21.2 Å². The molecule has 0 unspecified atom stereocenters. The van der Waals surface area contributed by atoms with Crippen molar-refractivity contribution in [3.8, 4) is 5.75 Å². The summed E-state index contributed by atoms with van der Waals surface area (Å²) in [5.41, 5.74) is 2.96. The summed E-state index contributed by atoms with van der Waals surface area (Å²) < 4.78 is 6.73. The van der Waals surface area contributed by atoms with Crippen LogP contribution in [-0.4, -0.2) is 13.0 Å². The molecule has 3 nitrogen and oxygen atoms in total. The highest BCUT2D eigenvalue weighted by Crippen LogP contribution is 2.28. The Bertz CT molecular complexity index is 688. The number of carbonyl (C=O) groups excluding carboxylic acids is 1. The molecule has 0 aliphatic heterocycles. The van der Waals surface area contributed by atoms with Crippen molar-refractivity contribution in [2.24, 2.45) is 0 Å². The van der Waals surface area contributed by atoms with E-state index in [2.05, 4.69) is 21.2 Å². The van der Waals surface area contributed by atoms with Crippen molar-refractivity contribution in [2.45, 2.75) is 20.0 Å². The molecule has 22 heavy (non-hydrogen) atoms. The summed E-state index contributed by atoms with van der Waals surface area (Å²) in [6, 6.07) is 11.4. The molecule has 1 N–H and O–H groups in total. The van der Waals surface area contributed by atoms with Crippen molar-refractivity contribution in [2.75, 3.05) is 7.05 Å². The van der Waals surface area contributed by atoms with Crippen LogP contribution in [0.15, 0.2) is 40.9 Å². The molecule has 0 bridgehead atoms. The van der Waals surface area contributed by atoms with Gasteiger partial charge in [-0.2, -0.15) is 0 Å². The van der Waals surface area contributed by atoms with Gasteiger partial charge in [0.15, 0.2) is 0 Å². The summed E-state index contributed by atoms with van der Waals surface area (Å²) >= 11 is 9.70. The highest BCUT2D eigenvalue weighted by Gasteiger charge is 2.11. The van der Waals surface area contributed by atoms with Gasteiger partial charge in [0.2, 0.25) is 5.91 Å². The molecule has 2 rings (SSSR count). The van der Waals surface area contributed by atoms with Crippen molar-refractivity contribution in [1.82, 2.24) is 5.32 Å². The minimum absolute atomic E-state index is 0.0345. The standard InChI is InChI=1S/C17H17BrClNO2/c1-11-6-7-16(15(19)8-11)22-10-13-12(9-17(21)20-2)4-3-5-14(13)18/h3-8H,9-10H2,1-2H3,(H,20,21). The van der Waals surface area contributed by atoms with Crippen LogP contribution in [0.4, 0.5) is 0 Å². The molecule has 0 aliphatic carbocycles. The minimum Gasteiger partial charge on any atom is -0.487 e. The van der Waals surface area contributed by atoms with Crippen LogP contribution in [0.25, 0.3) is 0 Å². The van der Waals surface area contributed by atoms with E-state index in [-0.39, 0.29) is 5.91 Å². The lowest BCUT2D eigenvalue weighted by Crippen LogP contribution is -2.21. The maximum Gasteiger partial charge on any atom is 0.224 e. The van der Waals surface area contributed by atoms with Crippen LogP contribution in [0.2, 0.25) is 5.02 Å². The molecule has 116 valence electrons. The van der Waals surface area contributed by atoms with Crippen molar-refractivity contribution >= 4 is 33.4 Å². The molecule has 0 fully saturated rings. The summed E-state index contributed by atoms with van der Waals surface area (Å²) in [6.45, 7) is 2.32. The van der Waals surface area contributed by atoms with E-state index in [1.807, 2.05) is 43.3 Å². The molecular weight excluding hydrogens is 366 g/mol. The smallest absolute Gasteiger partial charge is 0.224 e. The average Bonchev–Trinajstić information content (AvgIpc) is 2.48. The van der Waals surface area contributed by atoms with Gasteiger partial charge in [-0.1, -0.05) is 45.7 Å². The van der Waals surface area contributed by atoms with Crippen LogP contribution in [0.5, 0.6) is 5.75 Å². The Morgan fingerprint density at radius 3 is 2.77 bits per heavy atom. The van der Waals surface area contributed by atoms with Crippen molar-refractivity contribution in [3.63, 3.8) is 0 Å². The van der Waals surface area contributed by atoms with Crippen LogP contribution in [-0.2, 0) is 17.8 Å². The summed E-state index contributed by atoms with van der Waals surface area (Å²) in [7, 11) is 1.63. The van der Waals surface area contributed by atoms with Gasteiger partial charge in [-0.05, 0) is 36.2 Å². The lowest BCUT2D eigenvalue weighted by Gasteiger charge is -2.14.